The Morgan fingerprint density at radius 1 is 1.39 bits per heavy atom. The lowest BCUT2D eigenvalue weighted by Crippen LogP contribution is -2.21. The highest BCUT2D eigenvalue weighted by Gasteiger charge is 2.22. The molecule has 0 aliphatic carbocycles. The third kappa shape index (κ3) is 3.81. The van der Waals surface area contributed by atoms with Gasteiger partial charge in [0.15, 0.2) is 0 Å². The van der Waals surface area contributed by atoms with Gasteiger partial charge in [0.1, 0.15) is 11.5 Å². The highest BCUT2D eigenvalue weighted by molar-refractivity contribution is 9.10. The van der Waals surface area contributed by atoms with Crippen molar-refractivity contribution in [2.75, 3.05) is 11.9 Å². The molecule has 1 N–H and O–H groups in total. The van der Waals surface area contributed by atoms with Crippen LogP contribution in [0.2, 0.25) is 0 Å². The molecule has 0 aromatic carbocycles. The summed E-state index contributed by atoms with van der Waals surface area (Å²) in [7, 11) is 0. The second-order valence-electron chi connectivity index (χ2n) is 4.99. The second kappa shape index (κ2) is 7.27. The van der Waals surface area contributed by atoms with Gasteiger partial charge in [0.25, 0.3) is 0 Å². The van der Waals surface area contributed by atoms with Crippen LogP contribution < -0.4 is 5.32 Å². The fraction of sp³-hybridized carbons (Fsp3) is 0.400. The van der Waals surface area contributed by atoms with Crippen molar-refractivity contribution in [3.63, 3.8) is 0 Å². The number of nitrogens with zero attached hydrogens (tertiary/aromatic N) is 2. The van der Waals surface area contributed by atoms with E-state index in [1.165, 1.54) is 11.3 Å². The Labute approximate surface area is 147 Å². The third-order valence-electron chi connectivity index (χ3n) is 3.45. The van der Waals surface area contributed by atoms with Gasteiger partial charge < -0.3 is 10.1 Å². The zero-order valence-corrected chi connectivity index (χ0v) is 15.8. The molecule has 0 saturated carbocycles. The van der Waals surface area contributed by atoms with Crippen LogP contribution in [0.1, 0.15) is 33.4 Å². The molecule has 0 atom stereocenters. The topological polar surface area (TPSA) is 73.2 Å². The van der Waals surface area contributed by atoms with Gasteiger partial charge in [-0.05, 0) is 49.2 Å². The number of aryl methyl sites for hydroxylation is 1. The number of hydrogen-bond acceptors (Lipinski definition) is 5. The van der Waals surface area contributed by atoms with Crippen molar-refractivity contribution < 1.29 is 14.3 Å². The van der Waals surface area contributed by atoms with Gasteiger partial charge in [0.05, 0.1) is 28.5 Å². The number of amides is 1. The molecule has 124 valence electrons. The first-order valence-corrected chi connectivity index (χ1v) is 8.71. The van der Waals surface area contributed by atoms with Crippen molar-refractivity contribution in [3.05, 3.63) is 32.4 Å². The molecule has 6 nitrogen and oxygen atoms in total. The average Bonchev–Trinajstić information content (AvgIpc) is 2.93. The standard InChI is InChI=1S/C15H18BrN3O3S/c1-5-22-15(21)13-8(2)10(4)23-14(13)18-12(20)7-19-9(3)11(16)6-17-19/h6H,5,7H2,1-4H3,(H,18,20). The zero-order chi connectivity index (χ0) is 17.1. The van der Waals surface area contributed by atoms with E-state index in [1.807, 2.05) is 20.8 Å². The summed E-state index contributed by atoms with van der Waals surface area (Å²) < 4.78 is 7.52. The molecule has 0 aliphatic heterocycles. The fourth-order valence-corrected chi connectivity index (χ4v) is 3.41. The molecule has 0 bridgehead atoms. The van der Waals surface area contributed by atoms with E-state index in [2.05, 4.69) is 26.3 Å². The van der Waals surface area contributed by atoms with Gasteiger partial charge in [-0.3, -0.25) is 9.48 Å². The van der Waals surface area contributed by atoms with Crippen LogP contribution in [-0.2, 0) is 16.1 Å². The minimum absolute atomic E-state index is 0.0791. The number of nitrogens with one attached hydrogen (secondary N) is 1. The first-order valence-electron chi connectivity index (χ1n) is 7.10. The average molecular weight is 400 g/mol. The van der Waals surface area contributed by atoms with Crippen molar-refractivity contribution in [1.29, 1.82) is 0 Å². The summed E-state index contributed by atoms with van der Waals surface area (Å²) >= 11 is 4.73. The fourth-order valence-electron chi connectivity index (χ4n) is 2.05. The van der Waals surface area contributed by atoms with E-state index in [0.29, 0.717) is 17.2 Å². The van der Waals surface area contributed by atoms with Crippen molar-refractivity contribution in [2.24, 2.45) is 0 Å². The zero-order valence-electron chi connectivity index (χ0n) is 13.4. The Morgan fingerprint density at radius 3 is 2.65 bits per heavy atom. The molecule has 0 spiro atoms. The van der Waals surface area contributed by atoms with Gasteiger partial charge >= 0.3 is 5.97 Å². The number of anilines is 1. The van der Waals surface area contributed by atoms with Crippen LogP contribution in [0.3, 0.4) is 0 Å². The number of halogens is 1. The van der Waals surface area contributed by atoms with Crippen LogP contribution in [0.15, 0.2) is 10.7 Å². The molecule has 2 aromatic heterocycles. The van der Waals surface area contributed by atoms with Gasteiger partial charge in [-0.15, -0.1) is 11.3 Å². The Hall–Kier alpha value is -1.67. The van der Waals surface area contributed by atoms with Crippen LogP contribution in [-0.4, -0.2) is 28.3 Å². The van der Waals surface area contributed by atoms with Crippen LogP contribution >= 0.6 is 27.3 Å². The van der Waals surface area contributed by atoms with Gasteiger partial charge in [0, 0.05) is 4.88 Å². The second-order valence-corrected chi connectivity index (χ2v) is 7.07. The summed E-state index contributed by atoms with van der Waals surface area (Å²) in [6, 6.07) is 0. The number of carbonyl (C=O) groups excluding carboxylic acids is 2. The molecule has 8 heteroatoms. The van der Waals surface area contributed by atoms with Crippen LogP contribution in [0.5, 0.6) is 0 Å². The maximum Gasteiger partial charge on any atom is 0.341 e. The summed E-state index contributed by atoms with van der Waals surface area (Å²) in [5, 5.41) is 7.45. The molecule has 2 aromatic rings. The van der Waals surface area contributed by atoms with E-state index in [1.54, 1.807) is 17.8 Å². The molecule has 0 unspecified atom stereocenters. The summed E-state index contributed by atoms with van der Waals surface area (Å²) in [6.07, 6.45) is 1.64. The molecule has 2 rings (SSSR count). The first kappa shape index (κ1) is 17.7. The normalized spacial score (nSPS) is 10.7. The number of aromatic nitrogens is 2. The SMILES string of the molecule is CCOC(=O)c1c(NC(=O)Cn2ncc(Br)c2C)sc(C)c1C. The maximum absolute atomic E-state index is 12.3. The molecule has 0 radical (unpaired) electrons. The monoisotopic (exact) mass is 399 g/mol. The van der Waals surface area contributed by atoms with Crippen LogP contribution in [0.25, 0.3) is 0 Å². The lowest BCUT2D eigenvalue weighted by Gasteiger charge is -2.08. The number of hydrogen-bond donors (Lipinski definition) is 1. The molecule has 0 aliphatic rings. The molecule has 2 heterocycles. The van der Waals surface area contributed by atoms with Crippen molar-refractivity contribution in [2.45, 2.75) is 34.2 Å². The van der Waals surface area contributed by atoms with E-state index < -0.39 is 5.97 Å². The van der Waals surface area contributed by atoms with E-state index in [0.717, 1.165) is 20.6 Å². The quantitative estimate of drug-likeness (QED) is 0.781. The lowest BCUT2D eigenvalue weighted by molar-refractivity contribution is -0.116. The van der Waals surface area contributed by atoms with Crippen molar-refractivity contribution in [3.8, 4) is 0 Å². The van der Waals surface area contributed by atoms with Crippen LogP contribution in [0.4, 0.5) is 5.00 Å². The lowest BCUT2D eigenvalue weighted by atomic mass is 10.1. The van der Waals surface area contributed by atoms with E-state index >= 15 is 0 Å². The molecular formula is C15H18BrN3O3S. The van der Waals surface area contributed by atoms with Gasteiger partial charge in [-0.1, -0.05) is 0 Å². The Balaban J connectivity index is 2.19. The predicted octanol–water partition coefficient (Wildman–Crippen LogP) is 3.45. The molecule has 0 saturated heterocycles. The van der Waals surface area contributed by atoms with E-state index in [4.69, 9.17) is 4.74 Å². The van der Waals surface area contributed by atoms with Crippen LogP contribution in [0, 0.1) is 20.8 Å². The molecule has 23 heavy (non-hydrogen) atoms. The van der Waals surface area contributed by atoms with Gasteiger partial charge in [-0.25, -0.2) is 4.79 Å². The molecule has 0 fully saturated rings. The number of rotatable bonds is 5. The van der Waals surface area contributed by atoms with Gasteiger partial charge in [0.2, 0.25) is 5.91 Å². The summed E-state index contributed by atoms with van der Waals surface area (Å²) in [5.74, 6) is -0.654. The Bertz CT molecular complexity index is 751. The molecule has 1 amide bonds. The number of ether oxygens (including phenoxy) is 1. The van der Waals surface area contributed by atoms with E-state index in [9.17, 15) is 9.59 Å². The highest BCUT2D eigenvalue weighted by atomic mass is 79.9. The smallest absolute Gasteiger partial charge is 0.341 e. The van der Waals surface area contributed by atoms with Gasteiger partial charge in [-0.2, -0.15) is 5.10 Å². The highest BCUT2D eigenvalue weighted by Crippen LogP contribution is 2.33. The number of esters is 1. The van der Waals surface area contributed by atoms with E-state index in [-0.39, 0.29) is 12.5 Å². The van der Waals surface area contributed by atoms with Crippen molar-refractivity contribution in [1.82, 2.24) is 9.78 Å². The third-order valence-corrected chi connectivity index (χ3v) is 5.36. The Morgan fingerprint density at radius 2 is 2.09 bits per heavy atom. The first-order chi connectivity index (χ1) is 10.8. The summed E-state index contributed by atoms with van der Waals surface area (Å²) in [4.78, 5) is 25.3. The molecular weight excluding hydrogens is 382 g/mol. The largest absolute Gasteiger partial charge is 0.462 e. The number of thiophene rings is 1. The van der Waals surface area contributed by atoms with Crippen molar-refractivity contribution >= 4 is 44.1 Å². The minimum atomic E-state index is -0.414. The maximum atomic E-state index is 12.3. The summed E-state index contributed by atoms with van der Waals surface area (Å²) in [6.45, 7) is 7.75. The minimum Gasteiger partial charge on any atom is -0.462 e. The Kier molecular flexibility index (Phi) is 5.59. The summed E-state index contributed by atoms with van der Waals surface area (Å²) in [5.41, 5.74) is 2.13. The number of carbonyl (C=O) groups is 2. The predicted molar refractivity (Wildman–Crippen MR) is 93.0 cm³/mol.